The fourth-order valence-corrected chi connectivity index (χ4v) is 10.5. The zero-order chi connectivity index (χ0) is 58.5. The summed E-state index contributed by atoms with van der Waals surface area (Å²) < 4.78 is 67.6. The van der Waals surface area contributed by atoms with Gasteiger partial charge in [0.05, 0.1) is 26.4 Å². The van der Waals surface area contributed by atoms with E-state index in [0.717, 1.165) is 96.3 Å². The van der Waals surface area contributed by atoms with Crippen molar-refractivity contribution in [2.75, 3.05) is 39.6 Å². The molecule has 2 unspecified atom stereocenters. The van der Waals surface area contributed by atoms with Gasteiger partial charge in [0.2, 0.25) is 0 Å². The van der Waals surface area contributed by atoms with Gasteiger partial charge in [-0.15, -0.1) is 0 Å². The van der Waals surface area contributed by atoms with Gasteiger partial charge in [0.1, 0.15) is 19.3 Å². The summed E-state index contributed by atoms with van der Waals surface area (Å²) in [6, 6.07) is 0. The highest BCUT2D eigenvalue weighted by molar-refractivity contribution is 7.47. The lowest BCUT2D eigenvalue weighted by molar-refractivity contribution is -0.161. The summed E-state index contributed by atoms with van der Waals surface area (Å²) in [6.45, 7) is 6.98. The molecule has 0 rings (SSSR count). The van der Waals surface area contributed by atoms with Crippen LogP contribution in [0.2, 0.25) is 0 Å². The third-order valence-electron chi connectivity index (χ3n) is 13.8. The van der Waals surface area contributed by atoms with Gasteiger partial charge in [-0.25, -0.2) is 9.13 Å². The zero-order valence-electron chi connectivity index (χ0n) is 50.5. The molecule has 0 bridgehead atoms. The molecule has 0 heterocycles. The van der Waals surface area contributed by atoms with E-state index in [2.05, 4.69) is 34.6 Å². The molecule has 3 N–H and O–H groups in total. The quantitative estimate of drug-likeness (QED) is 0.0222. The summed E-state index contributed by atoms with van der Waals surface area (Å²) in [4.78, 5) is 71.7. The van der Waals surface area contributed by atoms with Gasteiger partial charge in [-0.05, 0) is 31.6 Å². The van der Waals surface area contributed by atoms with Crippen LogP contribution >= 0.6 is 15.6 Å². The molecule has 19 heteroatoms. The van der Waals surface area contributed by atoms with Crippen molar-refractivity contribution in [1.29, 1.82) is 0 Å². The molecule has 0 saturated carbocycles. The molecule has 0 spiro atoms. The molecule has 0 fully saturated rings. The van der Waals surface area contributed by atoms with Gasteiger partial charge in [0, 0.05) is 25.7 Å². The number of hydrogen-bond acceptors (Lipinski definition) is 15. The first kappa shape index (κ1) is 77.1. The molecular weight excluding hydrogens is 1050 g/mol. The molecule has 0 aliphatic rings. The van der Waals surface area contributed by atoms with Gasteiger partial charge < -0.3 is 33.8 Å². The second-order valence-corrected chi connectivity index (χ2v) is 25.1. The number of hydrogen-bond donors (Lipinski definition) is 3. The average molecular weight is 1170 g/mol. The summed E-state index contributed by atoms with van der Waals surface area (Å²) >= 11 is 0. The minimum absolute atomic E-state index is 0.101. The number of rotatable bonds is 60. The van der Waals surface area contributed by atoms with E-state index in [0.29, 0.717) is 31.6 Å². The van der Waals surface area contributed by atoms with Gasteiger partial charge >= 0.3 is 39.5 Å². The standard InChI is InChI=1S/C60H116O17P2/c1-6-9-12-15-17-19-21-22-23-24-25-27-29-35-40-45-59(64)76-56(50-71-58(63)44-39-34-28-26-20-18-16-13-10-7-2)52-75-79(68,69)73-48-54(61)47-72-78(66,67)74-51-55(49-70-57(62)43-38-32-14-11-8-3)77-60(65)46-41-36-31-30-33-37-42-53(4)5/h53-56,61H,6-52H2,1-5H3,(H,66,67)(H,68,69)/t54-,55+,56+/m0/s1. The second kappa shape index (κ2) is 54.0. The first-order valence-corrected chi connectivity index (χ1v) is 34.6. The molecule has 0 saturated heterocycles. The van der Waals surface area contributed by atoms with Crippen molar-refractivity contribution in [1.82, 2.24) is 0 Å². The van der Waals surface area contributed by atoms with E-state index < -0.39 is 97.5 Å². The summed E-state index contributed by atoms with van der Waals surface area (Å²) in [5.74, 6) is -1.48. The van der Waals surface area contributed by atoms with Crippen LogP contribution in [0, 0.1) is 5.92 Å². The topological polar surface area (TPSA) is 237 Å². The Hall–Kier alpha value is -1.94. The number of unbranched alkanes of at least 4 members (excludes halogenated alkanes) is 32. The van der Waals surface area contributed by atoms with E-state index in [1.165, 1.54) is 116 Å². The Morgan fingerprint density at radius 2 is 0.582 bits per heavy atom. The lowest BCUT2D eigenvalue weighted by atomic mass is 10.0. The van der Waals surface area contributed by atoms with Crippen LogP contribution in [0.3, 0.4) is 0 Å². The van der Waals surface area contributed by atoms with Gasteiger partial charge in [-0.1, -0.05) is 247 Å². The minimum atomic E-state index is -4.94. The van der Waals surface area contributed by atoms with E-state index in [9.17, 15) is 43.2 Å². The van der Waals surface area contributed by atoms with Crippen LogP contribution in [0.1, 0.15) is 298 Å². The first-order valence-electron chi connectivity index (χ1n) is 31.6. The van der Waals surface area contributed by atoms with E-state index in [1.807, 2.05) is 0 Å². The molecule has 0 amide bonds. The maximum Gasteiger partial charge on any atom is 0.472 e. The largest absolute Gasteiger partial charge is 0.472 e. The molecule has 0 aliphatic heterocycles. The van der Waals surface area contributed by atoms with Crippen LogP contribution in [-0.4, -0.2) is 96.7 Å². The Labute approximate surface area is 479 Å². The smallest absolute Gasteiger partial charge is 0.462 e. The third-order valence-corrected chi connectivity index (χ3v) is 15.7. The molecule has 0 radical (unpaired) electrons. The Bertz CT molecular complexity index is 1550. The maximum atomic E-state index is 12.9. The predicted octanol–water partition coefficient (Wildman–Crippen LogP) is 16.2. The highest BCUT2D eigenvalue weighted by Crippen LogP contribution is 2.45. The second-order valence-electron chi connectivity index (χ2n) is 22.2. The van der Waals surface area contributed by atoms with E-state index in [-0.39, 0.29) is 25.7 Å². The summed E-state index contributed by atoms with van der Waals surface area (Å²) in [5, 5.41) is 10.5. The van der Waals surface area contributed by atoms with Crippen LogP contribution in [-0.2, 0) is 65.4 Å². The summed E-state index contributed by atoms with van der Waals surface area (Å²) in [5.41, 5.74) is 0. The summed E-state index contributed by atoms with van der Waals surface area (Å²) in [7, 11) is -9.87. The number of ether oxygens (including phenoxy) is 4. The summed E-state index contributed by atoms with van der Waals surface area (Å²) in [6.07, 6.45) is 36.7. The van der Waals surface area contributed by atoms with Gasteiger partial charge in [0.25, 0.3) is 0 Å². The van der Waals surface area contributed by atoms with Gasteiger partial charge in [-0.2, -0.15) is 0 Å². The number of aliphatic hydroxyl groups excluding tert-OH is 1. The van der Waals surface area contributed by atoms with E-state index in [4.69, 9.17) is 37.0 Å². The Morgan fingerprint density at radius 3 is 0.861 bits per heavy atom. The predicted molar refractivity (Wildman–Crippen MR) is 312 cm³/mol. The van der Waals surface area contributed by atoms with Crippen molar-refractivity contribution in [3.63, 3.8) is 0 Å². The Balaban J connectivity index is 5.16. The molecule has 0 aliphatic carbocycles. The molecule has 0 aromatic carbocycles. The maximum absolute atomic E-state index is 12.9. The van der Waals surface area contributed by atoms with E-state index >= 15 is 0 Å². The molecule has 0 aromatic heterocycles. The van der Waals surface area contributed by atoms with Crippen molar-refractivity contribution in [2.45, 2.75) is 316 Å². The number of carbonyl (C=O) groups excluding carboxylic acids is 4. The number of esters is 4. The lowest BCUT2D eigenvalue weighted by Gasteiger charge is -2.21. The van der Waals surface area contributed by atoms with Crippen LogP contribution in [0.25, 0.3) is 0 Å². The fraction of sp³-hybridized carbons (Fsp3) is 0.933. The molecule has 17 nitrogen and oxygen atoms in total. The van der Waals surface area contributed by atoms with Crippen molar-refractivity contribution in [3.05, 3.63) is 0 Å². The molecule has 468 valence electrons. The van der Waals surface area contributed by atoms with Crippen LogP contribution in [0.5, 0.6) is 0 Å². The van der Waals surface area contributed by atoms with Gasteiger partial charge in [0.15, 0.2) is 12.2 Å². The molecule has 0 aromatic rings. The van der Waals surface area contributed by atoms with Crippen molar-refractivity contribution in [2.24, 2.45) is 5.92 Å². The number of carbonyl (C=O) groups is 4. The highest BCUT2D eigenvalue weighted by Gasteiger charge is 2.30. The van der Waals surface area contributed by atoms with E-state index in [1.54, 1.807) is 0 Å². The van der Waals surface area contributed by atoms with Crippen molar-refractivity contribution >= 4 is 39.5 Å². The number of aliphatic hydroxyl groups is 1. The number of phosphoric acid groups is 2. The first-order chi connectivity index (χ1) is 38.0. The highest BCUT2D eigenvalue weighted by atomic mass is 31.2. The average Bonchev–Trinajstić information content (AvgIpc) is 3.41. The van der Waals surface area contributed by atoms with Crippen molar-refractivity contribution in [3.8, 4) is 0 Å². The van der Waals surface area contributed by atoms with Crippen LogP contribution < -0.4 is 0 Å². The van der Waals surface area contributed by atoms with Crippen LogP contribution in [0.15, 0.2) is 0 Å². The zero-order valence-corrected chi connectivity index (χ0v) is 52.3. The lowest BCUT2D eigenvalue weighted by Crippen LogP contribution is -2.30. The van der Waals surface area contributed by atoms with Gasteiger partial charge in [-0.3, -0.25) is 37.3 Å². The third kappa shape index (κ3) is 55.0. The molecule has 5 atom stereocenters. The SMILES string of the molecule is CCCCCCCCCCCCCCCCCC(=O)O[C@H](COC(=O)CCCCCCCCCCCC)COP(=O)(O)OC[C@@H](O)COP(=O)(O)OC[C@@H](COC(=O)CCCCCCC)OC(=O)CCCCCCCCC(C)C. The fourth-order valence-electron chi connectivity index (χ4n) is 8.88. The Morgan fingerprint density at radius 1 is 0.342 bits per heavy atom. The molecule has 79 heavy (non-hydrogen) atoms. The molecular formula is C60H116O17P2. The van der Waals surface area contributed by atoms with Crippen molar-refractivity contribution < 1.29 is 80.2 Å². The minimum Gasteiger partial charge on any atom is -0.462 e. The Kier molecular flexibility index (Phi) is 52.7. The monoisotopic (exact) mass is 1170 g/mol. The normalized spacial score (nSPS) is 14.3. The number of phosphoric ester groups is 2. The van der Waals surface area contributed by atoms with Crippen LogP contribution in [0.4, 0.5) is 0 Å².